The number of aliphatic hydroxyl groups is 4. The van der Waals surface area contributed by atoms with Crippen LogP contribution < -0.4 is 4.74 Å². The molecule has 0 bridgehead atoms. The summed E-state index contributed by atoms with van der Waals surface area (Å²) in [5.41, 5.74) is 0.667. The van der Waals surface area contributed by atoms with E-state index in [9.17, 15) is 40.9 Å². The van der Waals surface area contributed by atoms with Gasteiger partial charge in [0.1, 0.15) is 47.8 Å². The van der Waals surface area contributed by atoms with Crippen LogP contribution in [-0.2, 0) is 15.9 Å². The number of aliphatic hydroxyl groups excluding tert-OH is 4. The highest BCUT2D eigenvalue weighted by Gasteiger charge is 2.46. The molecule has 2 aliphatic rings. The van der Waals surface area contributed by atoms with E-state index < -0.39 is 55.3 Å². The minimum Gasteiger partial charge on any atom is -0.508 e. The SMILES string of the molecule is OC[C@H]1O[C@@H](O[C@@H]2Cc3c(O)cc(O)cc3O[C@H]2c2ccc(O)c(O)c2)[C@H](O)[C@@H](O)[C@@H]1O. The monoisotopic (exact) mass is 452 g/mol. The van der Waals surface area contributed by atoms with Gasteiger partial charge < -0.3 is 55.1 Å². The zero-order chi connectivity index (χ0) is 23.2. The standard InChI is InChI=1S/C21H24O11/c22-7-16-17(27)18(28)19(29)21(32-16)31-15-6-10-12(25)4-9(23)5-14(10)30-20(15)8-1-2-11(24)13(26)3-8/h1-5,15-29H,6-7H2/t15-,16-,17-,18+,19-,20+,21-/m1/s1. The highest BCUT2D eigenvalue weighted by molar-refractivity contribution is 5.52. The number of ether oxygens (including phenoxy) is 3. The molecule has 32 heavy (non-hydrogen) atoms. The topological polar surface area (TPSA) is 190 Å². The summed E-state index contributed by atoms with van der Waals surface area (Å²) in [4.78, 5) is 0. The number of aromatic hydroxyl groups is 4. The van der Waals surface area contributed by atoms with E-state index in [0.717, 1.165) is 6.07 Å². The summed E-state index contributed by atoms with van der Waals surface area (Å²) in [5, 5.41) is 79.4. The van der Waals surface area contributed by atoms with Gasteiger partial charge in [0, 0.05) is 24.1 Å². The second-order valence-corrected chi connectivity index (χ2v) is 7.80. The molecule has 2 aliphatic heterocycles. The Hall–Kier alpha value is -2.80. The van der Waals surface area contributed by atoms with Crippen LogP contribution in [0, 0.1) is 0 Å². The molecule has 1 fully saturated rings. The lowest BCUT2D eigenvalue weighted by Gasteiger charge is -2.43. The van der Waals surface area contributed by atoms with E-state index in [0.29, 0.717) is 11.1 Å². The summed E-state index contributed by atoms with van der Waals surface area (Å²) in [6.07, 6.45) is -9.41. The van der Waals surface area contributed by atoms with Gasteiger partial charge in [-0.25, -0.2) is 0 Å². The Kier molecular flexibility index (Phi) is 6.03. The average Bonchev–Trinajstić information content (AvgIpc) is 2.76. The lowest BCUT2D eigenvalue weighted by atomic mass is 9.93. The molecule has 0 saturated carbocycles. The summed E-state index contributed by atoms with van der Waals surface area (Å²) in [7, 11) is 0. The highest BCUT2D eigenvalue weighted by Crippen LogP contribution is 2.44. The van der Waals surface area contributed by atoms with Crippen molar-refractivity contribution in [2.24, 2.45) is 0 Å². The van der Waals surface area contributed by atoms with Crippen molar-refractivity contribution in [2.45, 2.75) is 49.3 Å². The van der Waals surface area contributed by atoms with Crippen molar-refractivity contribution >= 4 is 0 Å². The summed E-state index contributed by atoms with van der Waals surface area (Å²) in [6.45, 7) is -0.635. The van der Waals surface area contributed by atoms with Crippen LogP contribution in [-0.4, -0.2) is 84.3 Å². The molecule has 0 unspecified atom stereocenters. The molecular formula is C21H24O11. The van der Waals surface area contributed by atoms with Gasteiger partial charge in [0.05, 0.1) is 6.61 Å². The molecule has 1 saturated heterocycles. The number of hydrogen-bond donors (Lipinski definition) is 8. The molecule has 0 aromatic heterocycles. The zero-order valence-electron chi connectivity index (χ0n) is 16.6. The third-order valence-electron chi connectivity index (χ3n) is 5.65. The first-order valence-electron chi connectivity index (χ1n) is 9.89. The largest absolute Gasteiger partial charge is 0.508 e. The van der Waals surface area contributed by atoms with Gasteiger partial charge in [0.15, 0.2) is 23.9 Å². The number of fused-ring (bicyclic) bond motifs is 1. The number of benzene rings is 2. The summed E-state index contributed by atoms with van der Waals surface area (Å²) in [5.74, 6) is -1.10. The van der Waals surface area contributed by atoms with E-state index in [1.54, 1.807) is 0 Å². The van der Waals surface area contributed by atoms with Crippen LogP contribution in [0.3, 0.4) is 0 Å². The minimum absolute atomic E-state index is 0.0166. The van der Waals surface area contributed by atoms with E-state index in [-0.39, 0.29) is 29.4 Å². The molecule has 174 valence electrons. The average molecular weight is 452 g/mol. The molecular weight excluding hydrogens is 428 g/mol. The van der Waals surface area contributed by atoms with Crippen LogP contribution in [0.1, 0.15) is 17.2 Å². The molecule has 0 spiro atoms. The molecule has 2 aromatic carbocycles. The first kappa shape index (κ1) is 22.4. The van der Waals surface area contributed by atoms with Crippen LogP contribution in [0.4, 0.5) is 0 Å². The molecule has 11 heteroatoms. The minimum atomic E-state index is -1.66. The number of rotatable bonds is 4. The first-order valence-corrected chi connectivity index (χ1v) is 9.89. The van der Waals surface area contributed by atoms with E-state index in [1.165, 1.54) is 24.3 Å². The van der Waals surface area contributed by atoms with Crippen molar-refractivity contribution in [1.29, 1.82) is 0 Å². The van der Waals surface area contributed by atoms with Gasteiger partial charge >= 0.3 is 0 Å². The molecule has 2 heterocycles. The predicted octanol–water partition coefficient (Wildman–Crippen LogP) is -0.630. The lowest BCUT2D eigenvalue weighted by molar-refractivity contribution is -0.317. The summed E-state index contributed by atoms with van der Waals surface area (Å²) >= 11 is 0. The fourth-order valence-corrected chi connectivity index (χ4v) is 3.92. The Bertz CT molecular complexity index is 978. The molecule has 4 rings (SSSR count). The highest BCUT2D eigenvalue weighted by atomic mass is 16.7. The lowest BCUT2D eigenvalue weighted by Crippen LogP contribution is -2.60. The Morgan fingerprint density at radius 1 is 0.875 bits per heavy atom. The van der Waals surface area contributed by atoms with Crippen LogP contribution >= 0.6 is 0 Å². The van der Waals surface area contributed by atoms with E-state index >= 15 is 0 Å². The predicted molar refractivity (Wildman–Crippen MR) is 105 cm³/mol. The number of hydrogen-bond acceptors (Lipinski definition) is 11. The van der Waals surface area contributed by atoms with Gasteiger partial charge in [0.2, 0.25) is 0 Å². The first-order chi connectivity index (χ1) is 15.2. The Morgan fingerprint density at radius 3 is 2.31 bits per heavy atom. The smallest absolute Gasteiger partial charge is 0.187 e. The number of phenolic OH excluding ortho intramolecular Hbond substituents is 4. The van der Waals surface area contributed by atoms with Gasteiger partial charge in [-0.15, -0.1) is 0 Å². The van der Waals surface area contributed by atoms with E-state index in [1.807, 2.05) is 0 Å². The maximum Gasteiger partial charge on any atom is 0.187 e. The summed E-state index contributed by atoms with van der Waals surface area (Å²) in [6, 6.07) is 6.38. The van der Waals surface area contributed by atoms with Crippen molar-refractivity contribution in [3.05, 3.63) is 41.5 Å². The van der Waals surface area contributed by atoms with Gasteiger partial charge in [-0.1, -0.05) is 6.07 Å². The fourth-order valence-electron chi connectivity index (χ4n) is 3.92. The van der Waals surface area contributed by atoms with Crippen molar-refractivity contribution in [3.8, 4) is 28.7 Å². The van der Waals surface area contributed by atoms with Crippen LogP contribution in [0.15, 0.2) is 30.3 Å². The Labute approximate surface area is 181 Å². The summed E-state index contributed by atoms with van der Waals surface area (Å²) < 4.78 is 17.2. The second-order valence-electron chi connectivity index (χ2n) is 7.80. The third kappa shape index (κ3) is 4.01. The molecule has 7 atom stereocenters. The van der Waals surface area contributed by atoms with Crippen LogP contribution in [0.5, 0.6) is 28.7 Å². The molecule has 2 aromatic rings. The van der Waals surface area contributed by atoms with Gasteiger partial charge in [0.25, 0.3) is 0 Å². The van der Waals surface area contributed by atoms with Crippen LogP contribution in [0.2, 0.25) is 0 Å². The molecule has 0 radical (unpaired) electrons. The zero-order valence-corrected chi connectivity index (χ0v) is 16.6. The quantitative estimate of drug-likeness (QED) is 0.276. The molecule has 11 nitrogen and oxygen atoms in total. The van der Waals surface area contributed by atoms with Gasteiger partial charge in [-0.2, -0.15) is 0 Å². The van der Waals surface area contributed by atoms with E-state index in [2.05, 4.69) is 0 Å². The van der Waals surface area contributed by atoms with Crippen molar-refractivity contribution in [2.75, 3.05) is 6.61 Å². The molecule has 0 amide bonds. The van der Waals surface area contributed by atoms with Gasteiger partial charge in [-0.05, 0) is 17.7 Å². The molecule has 0 aliphatic carbocycles. The molecule has 8 N–H and O–H groups in total. The van der Waals surface area contributed by atoms with Crippen molar-refractivity contribution in [1.82, 2.24) is 0 Å². The fraction of sp³-hybridized carbons (Fsp3) is 0.429. The van der Waals surface area contributed by atoms with E-state index in [4.69, 9.17) is 14.2 Å². The van der Waals surface area contributed by atoms with Gasteiger partial charge in [-0.3, -0.25) is 0 Å². The maximum atomic E-state index is 10.3. The van der Waals surface area contributed by atoms with Crippen molar-refractivity contribution < 1.29 is 55.1 Å². The third-order valence-corrected chi connectivity index (χ3v) is 5.65. The second kappa shape index (κ2) is 8.62. The van der Waals surface area contributed by atoms with Crippen molar-refractivity contribution in [3.63, 3.8) is 0 Å². The Morgan fingerprint density at radius 2 is 1.62 bits per heavy atom. The normalized spacial score (nSPS) is 32.2. The number of phenols is 4. The van der Waals surface area contributed by atoms with Crippen LogP contribution in [0.25, 0.3) is 0 Å². The maximum absolute atomic E-state index is 10.3. The Balaban J connectivity index is 1.68.